The molecule has 0 aliphatic carbocycles. The Labute approximate surface area is 89.1 Å². The van der Waals surface area contributed by atoms with Crippen LogP contribution in [0.4, 0.5) is 0 Å². The van der Waals surface area contributed by atoms with Gasteiger partial charge in [0.05, 0.1) is 13.2 Å². The van der Waals surface area contributed by atoms with Crippen molar-refractivity contribution in [3.63, 3.8) is 0 Å². The first-order valence-corrected chi connectivity index (χ1v) is 7.12. The van der Waals surface area contributed by atoms with Crippen molar-refractivity contribution >= 4 is 19.4 Å². The van der Waals surface area contributed by atoms with Crippen molar-refractivity contribution in [3.05, 3.63) is 0 Å². The van der Waals surface area contributed by atoms with Crippen molar-refractivity contribution in [3.8, 4) is 0 Å². The van der Waals surface area contributed by atoms with Crippen LogP contribution in [0.2, 0.25) is 0 Å². The normalized spacial score (nSPS) is 31.9. The summed E-state index contributed by atoms with van der Waals surface area (Å²) >= 11 is 5.87. The Morgan fingerprint density at radius 1 is 1.29 bits per heavy atom. The van der Waals surface area contributed by atoms with Crippen LogP contribution in [0.25, 0.3) is 0 Å². The van der Waals surface area contributed by atoms with E-state index in [1.54, 1.807) is 4.42 Å². The van der Waals surface area contributed by atoms with Gasteiger partial charge in [-0.3, -0.25) is 4.57 Å². The molecule has 0 radical (unpaired) electrons. The summed E-state index contributed by atoms with van der Waals surface area (Å²) in [6.07, 6.45) is 1.91. The molecule has 2 heterocycles. The zero-order valence-electron chi connectivity index (χ0n) is 8.24. The van der Waals surface area contributed by atoms with Crippen molar-refractivity contribution < 1.29 is 13.6 Å². The van der Waals surface area contributed by atoms with Gasteiger partial charge in [0.1, 0.15) is 0 Å². The molecular weight excluding hydrogens is 225 g/mol. The Balaban J connectivity index is 1.96. The fourth-order valence-corrected chi connectivity index (χ4v) is 3.09. The monoisotopic (exact) mass is 239 g/mol. The molecule has 0 aromatic heterocycles. The van der Waals surface area contributed by atoms with E-state index in [9.17, 15) is 4.57 Å². The summed E-state index contributed by atoms with van der Waals surface area (Å²) in [6, 6.07) is 0. The first-order valence-electron chi connectivity index (χ1n) is 4.79. The summed E-state index contributed by atoms with van der Waals surface area (Å²) < 4.78 is 23.8. The van der Waals surface area contributed by atoms with Gasteiger partial charge in [0, 0.05) is 25.2 Å². The number of hydrogen-bond acceptors (Lipinski definition) is 4. The second-order valence-corrected chi connectivity index (χ2v) is 6.77. The maximum atomic E-state index is 11.4. The Bertz CT molecular complexity index is 251. The Kier molecular flexibility index (Phi) is 2.93. The second kappa shape index (κ2) is 3.76. The van der Waals surface area contributed by atoms with E-state index in [0.29, 0.717) is 13.2 Å². The number of piperidine rings is 1. The summed E-state index contributed by atoms with van der Waals surface area (Å²) in [4.78, 5) is 0. The molecule has 0 aromatic carbocycles. The van der Waals surface area contributed by atoms with Crippen LogP contribution in [0, 0.1) is 5.41 Å². The van der Waals surface area contributed by atoms with E-state index in [2.05, 4.69) is 0 Å². The maximum absolute atomic E-state index is 11.4. The molecule has 0 amide bonds. The molecular formula is C8H15ClNO3P. The van der Waals surface area contributed by atoms with E-state index in [1.165, 1.54) is 6.66 Å². The van der Waals surface area contributed by atoms with Crippen LogP contribution in [0.3, 0.4) is 0 Å². The molecule has 2 aliphatic heterocycles. The third kappa shape index (κ3) is 2.31. The summed E-state index contributed by atoms with van der Waals surface area (Å²) in [5.41, 5.74) is 0.0509. The molecule has 6 heteroatoms. The van der Waals surface area contributed by atoms with Gasteiger partial charge in [0.2, 0.25) is 0 Å². The topological polar surface area (TPSA) is 38.8 Å². The maximum Gasteiger partial charge on any atom is 0.327 e. The molecule has 0 N–H and O–H groups in total. The van der Waals surface area contributed by atoms with Crippen molar-refractivity contribution in [2.45, 2.75) is 12.8 Å². The summed E-state index contributed by atoms with van der Waals surface area (Å²) in [5.74, 6) is 0. The van der Waals surface area contributed by atoms with Crippen molar-refractivity contribution in [1.29, 1.82) is 0 Å². The zero-order chi connectivity index (χ0) is 10.2. The minimum absolute atomic E-state index is 0.0509. The van der Waals surface area contributed by atoms with Gasteiger partial charge in [0.15, 0.2) is 0 Å². The third-order valence-electron chi connectivity index (χ3n) is 2.98. The van der Waals surface area contributed by atoms with Crippen LogP contribution in [-0.4, -0.2) is 37.4 Å². The SMILES string of the molecule is CP1(=O)OCC2(CCN(Cl)CC2)CO1. The van der Waals surface area contributed by atoms with Gasteiger partial charge in [0.25, 0.3) is 0 Å². The van der Waals surface area contributed by atoms with Crippen LogP contribution >= 0.6 is 19.4 Å². The lowest BCUT2D eigenvalue weighted by atomic mass is 9.81. The van der Waals surface area contributed by atoms with Crippen LogP contribution in [-0.2, 0) is 13.6 Å². The highest BCUT2D eigenvalue weighted by atomic mass is 35.5. The third-order valence-corrected chi connectivity index (χ3v) is 4.51. The van der Waals surface area contributed by atoms with E-state index < -0.39 is 7.60 Å². The Morgan fingerprint density at radius 3 is 2.29 bits per heavy atom. The standard InChI is InChI=1S/C8H15ClNO3P/c1-14(11)12-6-8(7-13-14)2-4-10(9)5-3-8/h2-7H2,1H3. The zero-order valence-corrected chi connectivity index (χ0v) is 9.89. The number of rotatable bonds is 0. The van der Waals surface area contributed by atoms with Gasteiger partial charge in [-0.05, 0) is 24.6 Å². The predicted molar refractivity (Wildman–Crippen MR) is 54.5 cm³/mol. The predicted octanol–water partition coefficient (Wildman–Crippen LogP) is 2.09. The van der Waals surface area contributed by atoms with E-state index in [4.69, 9.17) is 20.8 Å². The average molecular weight is 240 g/mol. The van der Waals surface area contributed by atoms with Gasteiger partial charge in [-0.15, -0.1) is 0 Å². The molecule has 1 spiro atoms. The summed E-state index contributed by atoms with van der Waals surface area (Å²) in [5, 5.41) is 0. The minimum Gasteiger partial charge on any atom is -0.308 e. The molecule has 82 valence electrons. The van der Waals surface area contributed by atoms with Gasteiger partial charge in [-0.1, -0.05) is 0 Å². The summed E-state index contributed by atoms with van der Waals surface area (Å²) in [7, 11) is -2.74. The number of halogens is 1. The number of nitrogens with zero attached hydrogens (tertiary/aromatic N) is 1. The van der Waals surface area contributed by atoms with Gasteiger partial charge < -0.3 is 9.05 Å². The fraction of sp³-hybridized carbons (Fsp3) is 1.00. The lowest BCUT2D eigenvalue weighted by Crippen LogP contribution is -2.43. The molecule has 4 nitrogen and oxygen atoms in total. The molecule has 0 unspecified atom stereocenters. The van der Waals surface area contributed by atoms with Crippen LogP contribution < -0.4 is 0 Å². The highest BCUT2D eigenvalue weighted by molar-refractivity contribution is 7.53. The van der Waals surface area contributed by atoms with Crippen LogP contribution in [0.5, 0.6) is 0 Å². The van der Waals surface area contributed by atoms with Gasteiger partial charge >= 0.3 is 7.60 Å². The molecule has 2 aliphatic rings. The van der Waals surface area contributed by atoms with Crippen molar-refractivity contribution in [2.24, 2.45) is 5.41 Å². The lowest BCUT2D eigenvalue weighted by Gasteiger charge is -2.42. The highest BCUT2D eigenvalue weighted by Gasteiger charge is 2.41. The lowest BCUT2D eigenvalue weighted by molar-refractivity contribution is -0.0121. The molecule has 0 bridgehead atoms. The molecule has 2 fully saturated rings. The molecule has 0 aromatic rings. The molecule has 14 heavy (non-hydrogen) atoms. The molecule has 0 atom stereocenters. The second-order valence-electron chi connectivity index (χ2n) is 4.23. The highest BCUT2D eigenvalue weighted by Crippen LogP contribution is 2.52. The van der Waals surface area contributed by atoms with E-state index in [1.807, 2.05) is 0 Å². The van der Waals surface area contributed by atoms with E-state index in [-0.39, 0.29) is 5.41 Å². The minimum atomic E-state index is -2.74. The summed E-state index contributed by atoms with van der Waals surface area (Å²) in [6.45, 7) is 4.32. The van der Waals surface area contributed by atoms with E-state index in [0.717, 1.165) is 25.9 Å². The van der Waals surface area contributed by atoms with E-state index >= 15 is 0 Å². The molecule has 2 rings (SSSR count). The van der Waals surface area contributed by atoms with Crippen molar-refractivity contribution in [2.75, 3.05) is 33.0 Å². The van der Waals surface area contributed by atoms with Crippen LogP contribution in [0.1, 0.15) is 12.8 Å². The Hall–Kier alpha value is 0.400. The van der Waals surface area contributed by atoms with Crippen molar-refractivity contribution in [1.82, 2.24) is 4.42 Å². The largest absolute Gasteiger partial charge is 0.327 e. The first kappa shape index (κ1) is 10.9. The quantitative estimate of drug-likeness (QED) is 0.479. The molecule has 0 saturated carbocycles. The van der Waals surface area contributed by atoms with Crippen LogP contribution in [0.15, 0.2) is 0 Å². The van der Waals surface area contributed by atoms with Gasteiger partial charge in [-0.25, -0.2) is 4.42 Å². The van der Waals surface area contributed by atoms with Gasteiger partial charge in [-0.2, -0.15) is 0 Å². The first-order chi connectivity index (χ1) is 6.52. The smallest absolute Gasteiger partial charge is 0.308 e. The molecule has 2 saturated heterocycles. The Morgan fingerprint density at radius 2 is 1.79 bits per heavy atom. The average Bonchev–Trinajstić information content (AvgIpc) is 2.16. The number of hydrogen-bond donors (Lipinski definition) is 0. The fourth-order valence-electron chi connectivity index (χ4n) is 1.83.